The summed E-state index contributed by atoms with van der Waals surface area (Å²) < 4.78 is 15.7. The van der Waals surface area contributed by atoms with Crippen LogP contribution in [0.2, 0.25) is 0 Å². The fourth-order valence-corrected chi connectivity index (χ4v) is 3.06. The monoisotopic (exact) mass is 317 g/mol. The molecule has 1 aromatic rings. The summed E-state index contributed by atoms with van der Waals surface area (Å²) in [6, 6.07) is 5.89. The molecule has 0 amide bonds. The van der Waals surface area contributed by atoms with E-state index in [2.05, 4.69) is 19.2 Å². The molecule has 23 heavy (non-hydrogen) atoms. The van der Waals surface area contributed by atoms with Crippen LogP contribution in [0.15, 0.2) is 29.5 Å². The smallest absolute Gasteiger partial charge is 0.335 e. The highest BCUT2D eigenvalue weighted by Gasteiger charge is 2.31. The van der Waals surface area contributed by atoms with Crippen molar-refractivity contribution >= 4 is 5.97 Å². The first kappa shape index (κ1) is 15.7. The quantitative estimate of drug-likeness (QED) is 0.865. The van der Waals surface area contributed by atoms with Gasteiger partial charge in [-0.05, 0) is 42.4 Å². The van der Waals surface area contributed by atoms with E-state index in [0.717, 1.165) is 47.6 Å². The highest BCUT2D eigenvalue weighted by molar-refractivity contribution is 5.89. The molecule has 0 atom stereocenters. The molecule has 0 bridgehead atoms. The van der Waals surface area contributed by atoms with Gasteiger partial charge in [0.25, 0.3) is 0 Å². The number of rotatable bonds is 4. The summed E-state index contributed by atoms with van der Waals surface area (Å²) in [5, 5.41) is 3.41. The number of allylic oxidation sites excluding steroid dienone is 1. The molecule has 1 heterocycles. The van der Waals surface area contributed by atoms with Gasteiger partial charge < -0.3 is 19.5 Å². The number of hydrogen-bond donors (Lipinski definition) is 1. The molecule has 5 nitrogen and oxygen atoms in total. The van der Waals surface area contributed by atoms with Crippen molar-refractivity contribution < 1.29 is 19.0 Å². The number of esters is 1. The first-order valence-electron chi connectivity index (χ1n) is 7.91. The second kappa shape index (κ2) is 6.14. The van der Waals surface area contributed by atoms with Gasteiger partial charge in [-0.1, -0.05) is 19.9 Å². The molecule has 1 aromatic carbocycles. The van der Waals surface area contributed by atoms with Crippen molar-refractivity contribution in [1.29, 1.82) is 0 Å². The Morgan fingerprint density at radius 3 is 2.87 bits per heavy atom. The Kier molecular flexibility index (Phi) is 4.20. The molecule has 5 heteroatoms. The van der Waals surface area contributed by atoms with Crippen molar-refractivity contribution in [3.63, 3.8) is 0 Å². The van der Waals surface area contributed by atoms with Crippen LogP contribution in [0, 0.1) is 5.41 Å². The normalized spacial score (nSPS) is 18.7. The van der Waals surface area contributed by atoms with Crippen molar-refractivity contribution in [2.24, 2.45) is 5.41 Å². The number of fused-ring (bicyclic) bond motifs is 1. The van der Waals surface area contributed by atoms with Crippen molar-refractivity contribution in [3.8, 4) is 11.5 Å². The minimum atomic E-state index is -0.231. The summed E-state index contributed by atoms with van der Waals surface area (Å²) in [4.78, 5) is 12.1. The second-order valence-electron chi connectivity index (χ2n) is 6.83. The van der Waals surface area contributed by atoms with Gasteiger partial charge in [0.2, 0.25) is 6.79 Å². The molecule has 0 fully saturated rings. The third kappa shape index (κ3) is 3.44. The lowest BCUT2D eigenvalue weighted by molar-refractivity contribution is -0.136. The van der Waals surface area contributed by atoms with E-state index in [9.17, 15) is 4.79 Å². The van der Waals surface area contributed by atoms with Crippen molar-refractivity contribution in [1.82, 2.24) is 5.32 Å². The number of benzene rings is 1. The molecule has 0 saturated heterocycles. The van der Waals surface area contributed by atoms with E-state index in [1.165, 1.54) is 7.11 Å². The lowest BCUT2D eigenvalue weighted by atomic mass is 9.76. The van der Waals surface area contributed by atoms with Crippen molar-refractivity contribution in [3.05, 3.63) is 35.0 Å². The molecule has 1 aliphatic heterocycles. The summed E-state index contributed by atoms with van der Waals surface area (Å²) in [6.07, 6.45) is 2.65. The van der Waals surface area contributed by atoms with E-state index in [-0.39, 0.29) is 18.2 Å². The third-order valence-corrected chi connectivity index (χ3v) is 4.45. The lowest BCUT2D eigenvalue weighted by Gasteiger charge is -2.32. The number of nitrogens with one attached hydrogen (secondary N) is 1. The fraction of sp³-hybridized carbons (Fsp3) is 0.500. The first-order chi connectivity index (χ1) is 11.0. The average molecular weight is 317 g/mol. The predicted octanol–water partition coefficient (Wildman–Crippen LogP) is 3.14. The summed E-state index contributed by atoms with van der Waals surface area (Å²) in [7, 11) is 1.44. The van der Waals surface area contributed by atoms with Gasteiger partial charge in [0.1, 0.15) is 0 Å². The van der Waals surface area contributed by atoms with Gasteiger partial charge in [0.05, 0.1) is 12.7 Å². The zero-order chi connectivity index (χ0) is 16.4. The standard InChI is InChI=1S/C18H23NO4/c1-18(2)7-6-14(13(9-18)17(20)21-3)19-10-12-4-5-15-16(8-12)23-11-22-15/h4-5,8,19H,6-7,9-11H2,1-3H3. The van der Waals surface area contributed by atoms with E-state index < -0.39 is 0 Å². The van der Waals surface area contributed by atoms with Gasteiger partial charge in [-0.25, -0.2) is 4.79 Å². The van der Waals surface area contributed by atoms with Gasteiger partial charge in [0, 0.05) is 12.2 Å². The lowest BCUT2D eigenvalue weighted by Crippen LogP contribution is -2.28. The highest BCUT2D eigenvalue weighted by Crippen LogP contribution is 2.38. The van der Waals surface area contributed by atoms with Gasteiger partial charge >= 0.3 is 5.97 Å². The second-order valence-corrected chi connectivity index (χ2v) is 6.83. The molecule has 0 saturated carbocycles. The Morgan fingerprint density at radius 2 is 2.09 bits per heavy atom. The van der Waals surface area contributed by atoms with Crippen molar-refractivity contribution in [2.45, 2.75) is 39.7 Å². The molecule has 3 rings (SSSR count). The van der Waals surface area contributed by atoms with Crippen LogP contribution >= 0.6 is 0 Å². The molecular formula is C18H23NO4. The Bertz CT molecular complexity index is 648. The van der Waals surface area contributed by atoms with Gasteiger partial charge in [-0.3, -0.25) is 0 Å². The molecule has 0 unspecified atom stereocenters. The summed E-state index contributed by atoms with van der Waals surface area (Å²) in [5.74, 6) is 1.32. The SMILES string of the molecule is COC(=O)C1=C(NCc2ccc3c(c2)OCO3)CCC(C)(C)C1. The molecule has 0 spiro atoms. The molecule has 1 aliphatic carbocycles. The van der Waals surface area contributed by atoms with E-state index in [0.29, 0.717) is 6.54 Å². The molecule has 0 aromatic heterocycles. The molecule has 1 N–H and O–H groups in total. The van der Waals surface area contributed by atoms with Crippen LogP contribution in [0.25, 0.3) is 0 Å². The van der Waals surface area contributed by atoms with Gasteiger partial charge in [0.15, 0.2) is 11.5 Å². The maximum absolute atomic E-state index is 12.1. The number of hydrogen-bond acceptors (Lipinski definition) is 5. The Labute approximate surface area is 136 Å². The van der Waals surface area contributed by atoms with Gasteiger partial charge in [-0.2, -0.15) is 0 Å². The van der Waals surface area contributed by atoms with Crippen LogP contribution in [0.3, 0.4) is 0 Å². The number of methoxy groups -OCH3 is 1. The number of carbonyl (C=O) groups excluding carboxylic acids is 1. The Hall–Kier alpha value is -2.17. The van der Waals surface area contributed by atoms with E-state index in [1.54, 1.807) is 0 Å². The van der Waals surface area contributed by atoms with Gasteiger partial charge in [-0.15, -0.1) is 0 Å². The summed E-state index contributed by atoms with van der Waals surface area (Å²) in [5.41, 5.74) is 2.99. The van der Waals surface area contributed by atoms with E-state index in [4.69, 9.17) is 14.2 Å². The van der Waals surface area contributed by atoms with E-state index >= 15 is 0 Å². The maximum Gasteiger partial charge on any atom is 0.335 e. The number of carbonyl (C=O) groups is 1. The first-order valence-corrected chi connectivity index (χ1v) is 7.91. The minimum Gasteiger partial charge on any atom is -0.466 e. The maximum atomic E-state index is 12.1. The molecule has 0 radical (unpaired) electrons. The topological polar surface area (TPSA) is 56.8 Å². The molecule has 2 aliphatic rings. The van der Waals surface area contributed by atoms with Crippen molar-refractivity contribution in [2.75, 3.05) is 13.9 Å². The molecular weight excluding hydrogens is 294 g/mol. The number of ether oxygens (including phenoxy) is 3. The van der Waals surface area contributed by atoms with E-state index in [1.807, 2.05) is 18.2 Å². The molecule has 124 valence electrons. The average Bonchev–Trinajstić information content (AvgIpc) is 3.00. The fourth-order valence-electron chi connectivity index (χ4n) is 3.06. The zero-order valence-corrected chi connectivity index (χ0v) is 13.9. The third-order valence-electron chi connectivity index (χ3n) is 4.45. The van der Waals surface area contributed by atoms with Crippen LogP contribution in [-0.2, 0) is 16.1 Å². The van der Waals surface area contributed by atoms with Crippen LogP contribution in [0.4, 0.5) is 0 Å². The van der Waals surface area contributed by atoms with Crippen LogP contribution < -0.4 is 14.8 Å². The van der Waals surface area contributed by atoms with Crippen LogP contribution in [-0.4, -0.2) is 19.9 Å². The largest absolute Gasteiger partial charge is 0.466 e. The summed E-state index contributed by atoms with van der Waals surface area (Å²) in [6.45, 7) is 5.29. The zero-order valence-electron chi connectivity index (χ0n) is 13.9. The summed E-state index contributed by atoms with van der Waals surface area (Å²) >= 11 is 0. The highest BCUT2D eigenvalue weighted by atomic mass is 16.7. The predicted molar refractivity (Wildman–Crippen MR) is 86.1 cm³/mol. The van der Waals surface area contributed by atoms with Crippen LogP contribution in [0.5, 0.6) is 11.5 Å². The Balaban J connectivity index is 1.74. The minimum absolute atomic E-state index is 0.132. The Morgan fingerprint density at radius 1 is 1.30 bits per heavy atom. The van der Waals surface area contributed by atoms with Crippen LogP contribution in [0.1, 0.15) is 38.7 Å².